The minimum absolute atomic E-state index is 0.101. The molecule has 0 amide bonds. The smallest absolute Gasteiger partial charge is 0.135 e. The van der Waals surface area contributed by atoms with E-state index in [0.29, 0.717) is 6.42 Å². The molecule has 0 aliphatic heterocycles. The third kappa shape index (κ3) is 2.38. The lowest BCUT2D eigenvalue weighted by Gasteiger charge is -1.97. The molecule has 0 aliphatic carbocycles. The monoisotopic (exact) mass is 214 g/mol. The molecule has 0 radical (unpaired) electrons. The fourth-order valence-electron chi connectivity index (χ4n) is 0.704. The lowest BCUT2D eigenvalue weighted by Crippen LogP contribution is -2.00. The van der Waals surface area contributed by atoms with Gasteiger partial charge in [0.25, 0.3) is 0 Å². The predicted molar refractivity (Wildman–Crippen MR) is 44.1 cm³/mol. The fourth-order valence-corrected chi connectivity index (χ4v) is 1.06. The number of hydrogen-bond donors (Lipinski definition) is 0. The highest BCUT2D eigenvalue weighted by Crippen LogP contribution is 2.11. The summed E-state index contributed by atoms with van der Waals surface area (Å²) in [6.07, 6.45) is 3.43. The Hall–Kier alpha value is -0.770. The third-order valence-corrected chi connectivity index (χ3v) is 1.82. The topological polar surface area (TPSA) is 42.9 Å². The van der Waals surface area contributed by atoms with E-state index in [9.17, 15) is 4.79 Å². The van der Waals surface area contributed by atoms with E-state index in [-0.39, 0.29) is 5.78 Å². The Kier molecular flexibility index (Phi) is 2.70. The van der Waals surface area contributed by atoms with Crippen molar-refractivity contribution in [2.75, 3.05) is 0 Å². The molecular weight excluding hydrogens is 208 g/mol. The van der Waals surface area contributed by atoms with Crippen LogP contribution < -0.4 is 0 Å². The second kappa shape index (κ2) is 3.57. The molecule has 1 rings (SSSR count). The van der Waals surface area contributed by atoms with Crippen LogP contribution in [0.15, 0.2) is 17.0 Å². The Morgan fingerprint density at radius 1 is 1.73 bits per heavy atom. The average molecular weight is 215 g/mol. The standard InChI is InChI=1S/C7H7BrN2O/c1-5(11)2-7-6(8)3-9-4-10-7/h3-4H,2H2,1H3. The van der Waals surface area contributed by atoms with Gasteiger partial charge in [-0.2, -0.15) is 0 Å². The number of rotatable bonds is 2. The van der Waals surface area contributed by atoms with Crippen LogP contribution in [0.25, 0.3) is 0 Å². The number of Topliss-reactive ketones (excluding diaryl/α,β-unsaturated/α-hetero) is 1. The maximum Gasteiger partial charge on any atom is 0.135 e. The highest BCUT2D eigenvalue weighted by Gasteiger charge is 2.02. The van der Waals surface area contributed by atoms with E-state index < -0.39 is 0 Å². The van der Waals surface area contributed by atoms with E-state index in [4.69, 9.17) is 0 Å². The van der Waals surface area contributed by atoms with Crippen molar-refractivity contribution in [3.8, 4) is 0 Å². The zero-order chi connectivity index (χ0) is 8.27. The van der Waals surface area contributed by atoms with Crippen LogP contribution in [-0.4, -0.2) is 15.8 Å². The SMILES string of the molecule is CC(=O)Cc1ncncc1Br. The zero-order valence-corrected chi connectivity index (χ0v) is 7.63. The molecule has 1 aromatic heterocycles. The molecule has 11 heavy (non-hydrogen) atoms. The molecule has 4 heteroatoms. The molecule has 0 spiro atoms. The minimum Gasteiger partial charge on any atom is -0.300 e. The summed E-state index contributed by atoms with van der Waals surface area (Å²) in [5.74, 6) is 0.101. The van der Waals surface area contributed by atoms with Crippen LogP contribution in [0.2, 0.25) is 0 Å². The first-order valence-corrected chi connectivity index (χ1v) is 3.93. The number of carbonyl (C=O) groups is 1. The second-order valence-electron chi connectivity index (χ2n) is 2.20. The first-order valence-electron chi connectivity index (χ1n) is 3.14. The van der Waals surface area contributed by atoms with Gasteiger partial charge in [-0.3, -0.25) is 4.79 Å². The van der Waals surface area contributed by atoms with E-state index in [1.54, 1.807) is 6.20 Å². The average Bonchev–Trinajstić information content (AvgIpc) is 1.93. The molecule has 0 saturated heterocycles. The molecule has 58 valence electrons. The molecule has 0 atom stereocenters. The van der Waals surface area contributed by atoms with Crippen molar-refractivity contribution in [3.63, 3.8) is 0 Å². The number of nitrogens with zero attached hydrogens (tertiary/aromatic N) is 2. The highest BCUT2D eigenvalue weighted by molar-refractivity contribution is 9.10. The number of carbonyl (C=O) groups excluding carboxylic acids is 1. The van der Waals surface area contributed by atoms with Gasteiger partial charge in [0.2, 0.25) is 0 Å². The largest absolute Gasteiger partial charge is 0.300 e. The minimum atomic E-state index is 0.101. The van der Waals surface area contributed by atoms with Gasteiger partial charge in [-0.25, -0.2) is 9.97 Å². The molecule has 0 saturated carbocycles. The first-order chi connectivity index (χ1) is 5.20. The van der Waals surface area contributed by atoms with Crippen LogP contribution >= 0.6 is 15.9 Å². The molecule has 0 aromatic carbocycles. The summed E-state index contributed by atoms with van der Waals surface area (Å²) in [7, 11) is 0. The molecule has 0 bridgehead atoms. The Bertz CT molecular complexity index is 275. The Morgan fingerprint density at radius 3 is 3.00 bits per heavy atom. The van der Waals surface area contributed by atoms with Crippen molar-refractivity contribution < 1.29 is 4.79 Å². The number of aromatic nitrogens is 2. The zero-order valence-electron chi connectivity index (χ0n) is 6.04. The third-order valence-electron chi connectivity index (χ3n) is 1.16. The van der Waals surface area contributed by atoms with Gasteiger partial charge in [-0.15, -0.1) is 0 Å². The summed E-state index contributed by atoms with van der Waals surface area (Å²) < 4.78 is 0.787. The number of ketones is 1. The van der Waals surface area contributed by atoms with Crippen LogP contribution in [0.3, 0.4) is 0 Å². The Morgan fingerprint density at radius 2 is 2.45 bits per heavy atom. The summed E-state index contributed by atoms with van der Waals surface area (Å²) in [5.41, 5.74) is 0.743. The van der Waals surface area contributed by atoms with Crippen LogP contribution in [0.1, 0.15) is 12.6 Å². The van der Waals surface area contributed by atoms with Gasteiger partial charge in [-0.05, 0) is 22.9 Å². The molecule has 0 fully saturated rings. The van der Waals surface area contributed by atoms with E-state index in [1.807, 2.05) is 0 Å². The lowest BCUT2D eigenvalue weighted by molar-refractivity contribution is -0.116. The summed E-state index contributed by atoms with van der Waals surface area (Å²) >= 11 is 3.25. The molecule has 3 nitrogen and oxygen atoms in total. The highest BCUT2D eigenvalue weighted by atomic mass is 79.9. The van der Waals surface area contributed by atoms with Crippen molar-refractivity contribution in [2.24, 2.45) is 0 Å². The van der Waals surface area contributed by atoms with Gasteiger partial charge in [0, 0.05) is 12.6 Å². The molecular formula is C7H7BrN2O. The maximum absolute atomic E-state index is 10.7. The van der Waals surface area contributed by atoms with Crippen molar-refractivity contribution in [1.29, 1.82) is 0 Å². The van der Waals surface area contributed by atoms with Crippen molar-refractivity contribution in [1.82, 2.24) is 9.97 Å². The predicted octanol–water partition coefficient (Wildman–Crippen LogP) is 1.37. The summed E-state index contributed by atoms with van der Waals surface area (Å²) in [4.78, 5) is 18.4. The fraction of sp³-hybridized carbons (Fsp3) is 0.286. The van der Waals surface area contributed by atoms with Crippen LogP contribution in [-0.2, 0) is 11.2 Å². The van der Waals surface area contributed by atoms with Crippen LogP contribution in [0.4, 0.5) is 0 Å². The number of halogens is 1. The van der Waals surface area contributed by atoms with Gasteiger partial charge >= 0.3 is 0 Å². The quantitative estimate of drug-likeness (QED) is 0.748. The summed E-state index contributed by atoms with van der Waals surface area (Å²) in [6, 6.07) is 0. The van der Waals surface area contributed by atoms with Gasteiger partial charge in [0.05, 0.1) is 10.2 Å². The van der Waals surface area contributed by atoms with Crippen LogP contribution in [0.5, 0.6) is 0 Å². The van der Waals surface area contributed by atoms with Gasteiger partial charge in [0.15, 0.2) is 0 Å². The van der Waals surface area contributed by atoms with E-state index >= 15 is 0 Å². The van der Waals surface area contributed by atoms with E-state index in [1.165, 1.54) is 13.3 Å². The van der Waals surface area contributed by atoms with Crippen molar-refractivity contribution >= 4 is 21.7 Å². The Balaban J connectivity index is 2.86. The van der Waals surface area contributed by atoms with E-state index in [2.05, 4.69) is 25.9 Å². The van der Waals surface area contributed by atoms with Gasteiger partial charge in [0.1, 0.15) is 12.1 Å². The van der Waals surface area contributed by atoms with Crippen LogP contribution in [0, 0.1) is 0 Å². The van der Waals surface area contributed by atoms with Gasteiger partial charge < -0.3 is 0 Å². The molecule has 0 N–H and O–H groups in total. The summed E-state index contributed by atoms with van der Waals surface area (Å²) in [5, 5.41) is 0. The van der Waals surface area contributed by atoms with Crippen molar-refractivity contribution in [2.45, 2.75) is 13.3 Å². The normalized spacial score (nSPS) is 9.64. The maximum atomic E-state index is 10.7. The second-order valence-corrected chi connectivity index (χ2v) is 3.05. The lowest BCUT2D eigenvalue weighted by atomic mass is 10.2. The first kappa shape index (κ1) is 8.33. The molecule has 0 aliphatic rings. The molecule has 0 unspecified atom stereocenters. The molecule has 1 aromatic rings. The molecule has 1 heterocycles. The van der Waals surface area contributed by atoms with Crippen molar-refractivity contribution in [3.05, 3.63) is 22.7 Å². The Labute approximate surface area is 73.0 Å². The van der Waals surface area contributed by atoms with E-state index in [0.717, 1.165) is 10.2 Å². The van der Waals surface area contributed by atoms with Gasteiger partial charge in [-0.1, -0.05) is 0 Å². The summed E-state index contributed by atoms with van der Waals surface area (Å²) in [6.45, 7) is 1.54. The number of hydrogen-bond acceptors (Lipinski definition) is 3.